The van der Waals surface area contributed by atoms with Gasteiger partial charge in [0, 0.05) is 23.7 Å². The average molecular weight is 380 g/mol. The summed E-state index contributed by atoms with van der Waals surface area (Å²) < 4.78 is 1.19. The van der Waals surface area contributed by atoms with Crippen LogP contribution < -0.4 is 5.32 Å². The second kappa shape index (κ2) is 6.42. The van der Waals surface area contributed by atoms with Crippen LogP contribution in [0.1, 0.15) is 11.3 Å². The van der Waals surface area contributed by atoms with E-state index in [1.54, 1.807) is 29.0 Å². The molecule has 7 heteroatoms. The standard InChI is InChI=1S/C19H17N5S2/c1-24-6-4-12(5-7-24)17-9-14-18(20-10-21-19(14)26-17)23-13-2-3-16-15(8-13)22-11-25-16/h2-4,8-11H,5-7H2,1H3,(H,20,21,23). The summed E-state index contributed by atoms with van der Waals surface area (Å²) in [6, 6.07) is 8.45. The Hall–Kier alpha value is -2.35. The molecule has 0 amide bonds. The minimum absolute atomic E-state index is 0.848. The van der Waals surface area contributed by atoms with Gasteiger partial charge in [-0.2, -0.15) is 0 Å². The maximum atomic E-state index is 4.48. The summed E-state index contributed by atoms with van der Waals surface area (Å²) in [5.74, 6) is 0.848. The highest BCUT2D eigenvalue weighted by atomic mass is 32.1. The van der Waals surface area contributed by atoms with Gasteiger partial charge in [0.1, 0.15) is 17.0 Å². The Bertz CT molecular complexity index is 1130. The smallest absolute Gasteiger partial charge is 0.142 e. The average Bonchev–Trinajstić information content (AvgIpc) is 3.29. The maximum Gasteiger partial charge on any atom is 0.142 e. The first-order valence-corrected chi connectivity index (χ1v) is 10.2. The normalized spacial score (nSPS) is 15.5. The molecular formula is C19H17N5S2. The number of hydrogen-bond donors (Lipinski definition) is 1. The molecule has 0 bridgehead atoms. The van der Waals surface area contributed by atoms with E-state index in [4.69, 9.17) is 0 Å². The summed E-state index contributed by atoms with van der Waals surface area (Å²) in [6.07, 6.45) is 5.04. The number of benzene rings is 1. The van der Waals surface area contributed by atoms with Gasteiger partial charge in [0.15, 0.2) is 0 Å². The summed E-state index contributed by atoms with van der Waals surface area (Å²) in [4.78, 5) is 18.0. The molecule has 0 radical (unpaired) electrons. The predicted molar refractivity (Wildman–Crippen MR) is 110 cm³/mol. The van der Waals surface area contributed by atoms with Gasteiger partial charge in [0.2, 0.25) is 0 Å². The summed E-state index contributed by atoms with van der Waals surface area (Å²) in [5, 5.41) is 4.52. The molecule has 1 aromatic carbocycles. The fraction of sp³-hybridized carbons (Fsp3) is 0.211. The van der Waals surface area contributed by atoms with Gasteiger partial charge in [-0.3, -0.25) is 0 Å². The molecule has 4 heterocycles. The van der Waals surface area contributed by atoms with E-state index in [2.05, 4.69) is 62.6 Å². The first-order chi connectivity index (χ1) is 12.8. The molecule has 0 aliphatic carbocycles. The van der Waals surface area contributed by atoms with Crippen LogP contribution >= 0.6 is 22.7 Å². The quantitative estimate of drug-likeness (QED) is 0.556. The molecular weight excluding hydrogens is 362 g/mol. The van der Waals surface area contributed by atoms with Crippen LogP contribution in [-0.2, 0) is 0 Å². The van der Waals surface area contributed by atoms with Crippen LogP contribution in [0.3, 0.4) is 0 Å². The Morgan fingerprint density at radius 2 is 2.12 bits per heavy atom. The number of hydrogen-bond acceptors (Lipinski definition) is 7. The highest BCUT2D eigenvalue weighted by molar-refractivity contribution is 7.19. The van der Waals surface area contributed by atoms with Crippen LogP contribution in [0.4, 0.5) is 11.5 Å². The van der Waals surface area contributed by atoms with Gasteiger partial charge in [0.25, 0.3) is 0 Å². The zero-order valence-electron chi connectivity index (χ0n) is 14.3. The first kappa shape index (κ1) is 15.9. The molecule has 3 aromatic heterocycles. The minimum atomic E-state index is 0.848. The summed E-state index contributed by atoms with van der Waals surface area (Å²) >= 11 is 3.40. The van der Waals surface area contributed by atoms with Gasteiger partial charge in [0.05, 0.1) is 21.1 Å². The van der Waals surface area contributed by atoms with Crippen molar-refractivity contribution in [1.29, 1.82) is 0 Å². The highest BCUT2D eigenvalue weighted by Crippen LogP contribution is 2.35. The van der Waals surface area contributed by atoms with Crippen LogP contribution in [0.15, 0.2) is 42.2 Å². The second-order valence-corrected chi connectivity index (χ2v) is 8.37. The lowest BCUT2D eigenvalue weighted by molar-refractivity contribution is 0.370. The first-order valence-electron chi connectivity index (χ1n) is 8.49. The van der Waals surface area contributed by atoms with Crippen molar-refractivity contribution in [3.05, 3.63) is 47.1 Å². The molecule has 0 fully saturated rings. The molecule has 0 saturated heterocycles. The SMILES string of the molecule is CN1CC=C(c2cc3c(Nc4ccc5scnc5c4)ncnc3s2)CC1. The van der Waals surface area contributed by atoms with Crippen molar-refractivity contribution in [2.75, 3.05) is 25.5 Å². The summed E-state index contributed by atoms with van der Waals surface area (Å²) in [5.41, 5.74) is 5.29. The highest BCUT2D eigenvalue weighted by Gasteiger charge is 2.15. The second-order valence-electron chi connectivity index (χ2n) is 6.45. The molecule has 130 valence electrons. The number of nitrogens with one attached hydrogen (secondary N) is 1. The van der Waals surface area contributed by atoms with Crippen molar-refractivity contribution in [2.45, 2.75) is 6.42 Å². The Kier molecular flexibility index (Phi) is 3.92. The molecule has 1 aliphatic rings. The number of nitrogens with zero attached hydrogens (tertiary/aromatic N) is 4. The van der Waals surface area contributed by atoms with E-state index in [9.17, 15) is 0 Å². The number of likely N-dealkylation sites (N-methyl/N-ethyl adjacent to an activating group) is 1. The van der Waals surface area contributed by atoms with Crippen molar-refractivity contribution >= 4 is 60.2 Å². The van der Waals surface area contributed by atoms with Crippen LogP contribution in [0.25, 0.3) is 26.0 Å². The Morgan fingerprint density at radius 1 is 1.15 bits per heavy atom. The molecule has 0 atom stereocenters. The van der Waals surface area contributed by atoms with Crippen LogP contribution in [0.2, 0.25) is 0 Å². The van der Waals surface area contributed by atoms with Crippen molar-refractivity contribution in [3.63, 3.8) is 0 Å². The number of fused-ring (bicyclic) bond motifs is 2. The Balaban J connectivity index is 1.51. The van der Waals surface area contributed by atoms with E-state index < -0.39 is 0 Å². The fourth-order valence-electron chi connectivity index (χ4n) is 3.18. The minimum Gasteiger partial charge on any atom is -0.340 e. The third-order valence-electron chi connectivity index (χ3n) is 4.65. The van der Waals surface area contributed by atoms with E-state index in [1.165, 1.54) is 15.2 Å². The van der Waals surface area contributed by atoms with Crippen LogP contribution in [0.5, 0.6) is 0 Å². The molecule has 0 spiro atoms. The zero-order chi connectivity index (χ0) is 17.5. The topological polar surface area (TPSA) is 53.9 Å². The number of anilines is 2. The van der Waals surface area contributed by atoms with E-state index in [-0.39, 0.29) is 0 Å². The molecule has 5 nitrogen and oxygen atoms in total. The van der Waals surface area contributed by atoms with Gasteiger partial charge in [-0.1, -0.05) is 6.08 Å². The van der Waals surface area contributed by atoms with Crippen molar-refractivity contribution < 1.29 is 0 Å². The van der Waals surface area contributed by atoms with Crippen LogP contribution in [-0.4, -0.2) is 40.0 Å². The lowest BCUT2D eigenvalue weighted by Gasteiger charge is -2.21. The number of thiophene rings is 1. The van der Waals surface area contributed by atoms with Crippen molar-refractivity contribution in [1.82, 2.24) is 19.9 Å². The maximum absolute atomic E-state index is 4.48. The number of rotatable bonds is 3. The predicted octanol–water partition coefficient (Wildman–Crippen LogP) is 4.76. The fourth-order valence-corrected chi connectivity index (χ4v) is 4.91. The third kappa shape index (κ3) is 2.88. The molecule has 4 aromatic rings. The lowest BCUT2D eigenvalue weighted by atomic mass is 10.1. The van der Waals surface area contributed by atoms with Gasteiger partial charge in [-0.05, 0) is 43.3 Å². The Labute approximate surface area is 159 Å². The molecule has 5 rings (SSSR count). The van der Waals surface area contributed by atoms with Gasteiger partial charge < -0.3 is 10.2 Å². The number of thiazole rings is 1. The van der Waals surface area contributed by atoms with E-state index in [1.807, 2.05) is 5.51 Å². The molecule has 0 saturated carbocycles. The summed E-state index contributed by atoms with van der Waals surface area (Å²) in [7, 11) is 2.16. The van der Waals surface area contributed by atoms with Gasteiger partial charge in [-0.25, -0.2) is 15.0 Å². The lowest BCUT2D eigenvalue weighted by Crippen LogP contribution is -2.23. The summed E-state index contributed by atoms with van der Waals surface area (Å²) in [6.45, 7) is 2.11. The molecule has 26 heavy (non-hydrogen) atoms. The van der Waals surface area contributed by atoms with Crippen molar-refractivity contribution in [3.8, 4) is 0 Å². The largest absolute Gasteiger partial charge is 0.340 e. The Morgan fingerprint density at radius 3 is 3.00 bits per heavy atom. The monoisotopic (exact) mass is 379 g/mol. The van der Waals surface area contributed by atoms with Crippen LogP contribution in [0, 0.1) is 0 Å². The number of aromatic nitrogens is 3. The molecule has 1 aliphatic heterocycles. The van der Waals surface area contributed by atoms with E-state index >= 15 is 0 Å². The zero-order valence-corrected chi connectivity index (χ0v) is 15.9. The van der Waals surface area contributed by atoms with Crippen molar-refractivity contribution in [2.24, 2.45) is 0 Å². The molecule has 1 N–H and O–H groups in total. The van der Waals surface area contributed by atoms with E-state index in [0.717, 1.165) is 46.7 Å². The van der Waals surface area contributed by atoms with E-state index in [0.29, 0.717) is 0 Å². The third-order valence-corrected chi connectivity index (χ3v) is 6.58. The van der Waals surface area contributed by atoms with Gasteiger partial charge in [-0.15, -0.1) is 22.7 Å². The molecule has 0 unspecified atom stereocenters. The van der Waals surface area contributed by atoms with Gasteiger partial charge >= 0.3 is 0 Å².